The molecular formula is C24H27FN8O2. The van der Waals surface area contributed by atoms with Crippen molar-refractivity contribution < 1.29 is 9.50 Å². The van der Waals surface area contributed by atoms with Gasteiger partial charge in [-0.1, -0.05) is 11.3 Å². The Morgan fingerprint density at radius 1 is 1.09 bits per heavy atom. The fraction of sp³-hybridized carbons (Fsp3) is 0.417. The summed E-state index contributed by atoms with van der Waals surface area (Å²) in [6.45, 7) is 7.74. The molecule has 3 aromatic heterocycles. The Bertz CT molecular complexity index is 1490. The minimum atomic E-state index is -1.21. The van der Waals surface area contributed by atoms with Crippen molar-refractivity contribution in [3.05, 3.63) is 47.0 Å². The summed E-state index contributed by atoms with van der Waals surface area (Å²) in [5.74, 6) is -0.0447. The van der Waals surface area contributed by atoms with Gasteiger partial charge in [0.15, 0.2) is 0 Å². The van der Waals surface area contributed by atoms with Gasteiger partial charge < -0.3 is 15.0 Å². The first-order valence-corrected chi connectivity index (χ1v) is 11.3. The second kappa shape index (κ2) is 7.91. The first-order chi connectivity index (χ1) is 16.4. The second-order valence-corrected chi connectivity index (χ2v) is 10.3. The van der Waals surface area contributed by atoms with E-state index in [1.807, 2.05) is 27.7 Å². The highest BCUT2D eigenvalue weighted by Gasteiger charge is 2.48. The monoisotopic (exact) mass is 478 g/mol. The molecule has 4 aromatic rings. The van der Waals surface area contributed by atoms with E-state index in [2.05, 4.69) is 30.8 Å². The molecule has 1 aliphatic rings. The average Bonchev–Trinajstić information content (AvgIpc) is 3.20. The molecule has 0 aliphatic carbocycles. The number of hydrogen-bond donors (Lipinski definition) is 2. The van der Waals surface area contributed by atoms with E-state index in [1.54, 1.807) is 25.2 Å². The molecular weight excluding hydrogens is 451 g/mol. The van der Waals surface area contributed by atoms with Crippen LogP contribution in [0.15, 0.2) is 41.5 Å². The third kappa shape index (κ3) is 4.05. The molecule has 4 heterocycles. The minimum absolute atomic E-state index is 0.0447. The van der Waals surface area contributed by atoms with Crippen molar-refractivity contribution in [2.45, 2.75) is 57.4 Å². The Kier molecular flexibility index (Phi) is 5.20. The van der Waals surface area contributed by atoms with Crippen LogP contribution >= 0.6 is 0 Å². The molecule has 10 nitrogen and oxygen atoms in total. The largest absolute Gasteiger partial charge is 0.507 e. The zero-order valence-corrected chi connectivity index (χ0v) is 20.2. The topological polar surface area (TPSA) is 124 Å². The van der Waals surface area contributed by atoms with E-state index in [0.717, 1.165) is 0 Å². The van der Waals surface area contributed by atoms with Crippen LogP contribution in [-0.2, 0) is 7.05 Å². The van der Waals surface area contributed by atoms with Gasteiger partial charge in [-0.3, -0.25) is 4.79 Å². The molecule has 0 unspecified atom stereocenters. The molecule has 2 atom stereocenters. The van der Waals surface area contributed by atoms with Crippen molar-refractivity contribution in [1.82, 2.24) is 40.1 Å². The molecule has 5 rings (SSSR count). The molecule has 0 spiro atoms. The number of hydrogen-bond acceptors (Lipinski definition) is 8. The van der Waals surface area contributed by atoms with E-state index in [0.29, 0.717) is 40.1 Å². The van der Waals surface area contributed by atoms with Crippen LogP contribution < -0.4 is 10.9 Å². The van der Waals surface area contributed by atoms with Crippen LogP contribution in [0.2, 0.25) is 0 Å². The number of aromatic nitrogens is 7. The summed E-state index contributed by atoms with van der Waals surface area (Å²) in [6.07, 6.45) is 0.734. The number of alkyl halides is 1. The zero-order valence-electron chi connectivity index (χ0n) is 20.2. The van der Waals surface area contributed by atoms with E-state index in [-0.39, 0.29) is 16.8 Å². The van der Waals surface area contributed by atoms with Crippen LogP contribution in [0.25, 0.3) is 33.7 Å². The maximum absolute atomic E-state index is 15.4. The summed E-state index contributed by atoms with van der Waals surface area (Å²) >= 11 is 0. The number of halogens is 1. The Morgan fingerprint density at radius 2 is 1.86 bits per heavy atom. The summed E-state index contributed by atoms with van der Waals surface area (Å²) in [6, 6.07) is 7.46. The number of phenolic OH excluding ortho intramolecular Hbond substituents is 1. The van der Waals surface area contributed by atoms with E-state index in [1.165, 1.54) is 27.7 Å². The predicted octanol–water partition coefficient (Wildman–Crippen LogP) is 2.78. The lowest BCUT2D eigenvalue weighted by Crippen LogP contribution is -2.64. The lowest BCUT2D eigenvalue weighted by Gasteiger charge is -2.48. The van der Waals surface area contributed by atoms with Crippen LogP contribution in [0.1, 0.15) is 40.2 Å². The normalized spacial score (nSPS) is 21.3. The van der Waals surface area contributed by atoms with E-state index in [9.17, 15) is 9.90 Å². The maximum atomic E-state index is 15.4. The average molecular weight is 479 g/mol. The lowest BCUT2D eigenvalue weighted by atomic mass is 9.78. The Hall–Kier alpha value is -3.73. The van der Waals surface area contributed by atoms with Crippen molar-refractivity contribution in [3.63, 3.8) is 0 Å². The van der Waals surface area contributed by atoms with Crippen LogP contribution in [0.4, 0.5) is 4.39 Å². The van der Waals surface area contributed by atoms with Crippen LogP contribution in [0, 0.1) is 0 Å². The van der Waals surface area contributed by atoms with E-state index < -0.39 is 17.8 Å². The van der Waals surface area contributed by atoms with Gasteiger partial charge in [-0.2, -0.15) is 0 Å². The van der Waals surface area contributed by atoms with Gasteiger partial charge in [0.05, 0.1) is 23.8 Å². The highest BCUT2D eigenvalue weighted by atomic mass is 19.1. The summed E-state index contributed by atoms with van der Waals surface area (Å²) in [7, 11) is 1.62. The first-order valence-electron chi connectivity index (χ1n) is 11.3. The van der Waals surface area contributed by atoms with Crippen LogP contribution in [-0.4, -0.2) is 57.1 Å². The predicted molar refractivity (Wildman–Crippen MR) is 129 cm³/mol. The third-order valence-corrected chi connectivity index (χ3v) is 6.49. The summed E-state index contributed by atoms with van der Waals surface area (Å²) < 4.78 is 18.3. The van der Waals surface area contributed by atoms with Gasteiger partial charge in [-0.05, 0) is 52.3 Å². The molecule has 1 aromatic carbocycles. The molecule has 0 saturated carbocycles. The van der Waals surface area contributed by atoms with E-state index in [4.69, 9.17) is 0 Å². The molecule has 0 amide bonds. The molecule has 182 valence electrons. The fourth-order valence-corrected chi connectivity index (χ4v) is 4.94. The first kappa shape index (κ1) is 23.0. The SMILES string of the molecule is Cn1cnc(-c2ccc(-c3cc4nnn([C@H]5CC(C)(C)NC(C)(C)[C@H]5F)c4nn3)c(O)c2)cc1=O. The molecule has 35 heavy (non-hydrogen) atoms. The fourth-order valence-electron chi connectivity index (χ4n) is 4.94. The number of rotatable bonds is 3. The van der Waals surface area contributed by atoms with Gasteiger partial charge in [0.25, 0.3) is 5.56 Å². The standard InChI is InChI=1S/C24H27FN8O2/c1-23(2)11-18(21(25)24(3,4)30-23)33-22-17(28-31-33)9-16(27-29-22)14-7-6-13(8-19(14)34)15-10-20(35)32(5)12-26-15/h6-10,12,18,21,30,34H,11H2,1-5H3/t18-,21-/m0/s1. The van der Waals surface area contributed by atoms with Gasteiger partial charge in [0, 0.05) is 35.3 Å². The number of benzene rings is 1. The van der Waals surface area contributed by atoms with Gasteiger partial charge in [0.1, 0.15) is 17.4 Å². The number of aryl methyl sites for hydroxylation is 1. The molecule has 0 radical (unpaired) electrons. The van der Waals surface area contributed by atoms with Crippen molar-refractivity contribution >= 4 is 11.2 Å². The Balaban J connectivity index is 1.49. The van der Waals surface area contributed by atoms with Gasteiger partial charge in [-0.25, -0.2) is 14.1 Å². The van der Waals surface area contributed by atoms with Crippen LogP contribution in [0.5, 0.6) is 5.75 Å². The maximum Gasteiger partial charge on any atom is 0.253 e. The second-order valence-electron chi connectivity index (χ2n) is 10.3. The van der Waals surface area contributed by atoms with Gasteiger partial charge in [0.2, 0.25) is 5.65 Å². The van der Waals surface area contributed by atoms with Crippen molar-refractivity contribution in [2.24, 2.45) is 7.05 Å². The lowest BCUT2D eigenvalue weighted by molar-refractivity contribution is 0.0257. The quantitative estimate of drug-likeness (QED) is 0.461. The number of phenols is 1. The van der Waals surface area contributed by atoms with Crippen molar-refractivity contribution in [1.29, 1.82) is 0 Å². The van der Waals surface area contributed by atoms with Crippen molar-refractivity contribution in [2.75, 3.05) is 0 Å². The van der Waals surface area contributed by atoms with E-state index >= 15 is 4.39 Å². The minimum Gasteiger partial charge on any atom is -0.507 e. The highest BCUT2D eigenvalue weighted by Crippen LogP contribution is 2.39. The molecule has 1 aliphatic heterocycles. The smallest absolute Gasteiger partial charge is 0.253 e. The summed E-state index contributed by atoms with van der Waals surface area (Å²) in [5, 5.41) is 31.1. The van der Waals surface area contributed by atoms with Crippen LogP contribution in [0.3, 0.4) is 0 Å². The number of nitrogens with zero attached hydrogens (tertiary/aromatic N) is 7. The molecule has 1 fully saturated rings. The highest BCUT2D eigenvalue weighted by molar-refractivity contribution is 5.79. The summed E-state index contributed by atoms with van der Waals surface area (Å²) in [5.41, 5.74) is 1.47. The number of piperidine rings is 1. The molecule has 11 heteroatoms. The Morgan fingerprint density at radius 3 is 2.57 bits per heavy atom. The summed E-state index contributed by atoms with van der Waals surface area (Å²) in [4.78, 5) is 16.2. The number of fused-ring (bicyclic) bond motifs is 1. The zero-order chi connectivity index (χ0) is 25.1. The van der Waals surface area contributed by atoms with Gasteiger partial charge in [-0.15, -0.1) is 15.3 Å². The van der Waals surface area contributed by atoms with Gasteiger partial charge >= 0.3 is 0 Å². The molecule has 0 bridgehead atoms. The Labute approximate surface area is 200 Å². The number of nitrogens with one attached hydrogen (secondary N) is 1. The molecule has 1 saturated heterocycles. The van der Waals surface area contributed by atoms with Crippen molar-refractivity contribution in [3.8, 4) is 28.3 Å². The molecule has 2 N–H and O–H groups in total. The third-order valence-electron chi connectivity index (χ3n) is 6.49. The number of aromatic hydroxyl groups is 1.